The second-order valence-electron chi connectivity index (χ2n) is 4.17. The minimum Gasteiger partial charge on any atom is -0.126 e. The van der Waals surface area contributed by atoms with Crippen LogP contribution in [0.3, 0.4) is 0 Å². The second kappa shape index (κ2) is 3.80. The van der Waals surface area contributed by atoms with Gasteiger partial charge in [-0.15, -0.1) is 11.6 Å². The van der Waals surface area contributed by atoms with Gasteiger partial charge in [-0.2, -0.15) is 0 Å². The highest BCUT2D eigenvalue weighted by atomic mass is 35.5. The van der Waals surface area contributed by atoms with Gasteiger partial charge in [-0.1, -0.05) is 26.7 Å². The Morgan fingerprint density at radius 3 is 2.36 bits per heavy atom. The molecule has 1 aliphatic rings. The van der Waals surface area contributed by atoms with Crippen LogP contribution in [0.1, 0.15) is 46.0 Å². The van der Waals surface area contributed by atoms with Crippen LogP contribution in [0, 0.1) is 11.3 Å². The monoisotopic (exact) mass is 174 g/mol. The van der Waals surface area contributed by atoms with Crippen molar-refractivity contribution >= 4 is 11.6 Å². The largest absolute Gasteiger partial charge is 0.126 e. The van der Waals surface area contributed by atoms with E-state index in [0.717, 1.165) is 11.8 Å². The third kappa shape index (κ3) is 1.90. The lowest BCUT2D eigenvalue weighted by molar-refractivity contribution is 0.113. The molecule has 1 fully saturated rings. The molecule has 0 N–H and O–H groups in total. The molecule has 0 aromatic carbocycles. The zero-order valence-corrected chi connectivity index (χ0v) is 8.45. The molecule has 66 valence electrons. The third-order valence-electron chi connectivity index (χ3n) is 3.22. The smallest absolute Gasteiger partial charge is 0.0280 e. The summed E-state index contributed by atoms with van der Waals surface area (Å²) in [4.78, 5) is 0. The van der Waals surface area contributed by atoms with Crippen molar-refractivity contribution in [2.24, 2.45) is 11.3 Å². The molecule has 1 unspecified atom stereocenters. The maximum Gasteiger partial charge on any atom is 0.0280 e. The van der Waals surface area contributed by atoms with Crippen molar-refractivity contribution in [3.05, 3.63) is 0 Å². The predicted molar refractivity (Wildman–Crippen MR) is 51.1 cm³/mol. The van der Waals surface area contributed by atoms with Crippen LogP contribution in [0.4, 0.5) is 0 Å². The summed E-state index contributed by atoms with van der Waals surface area (Å²) in [6.07, 6.45) is 6.86. The first-order valence-corrected chi connectivity index (χ1v) is 5.32. The molecule has 0 aromatic rings. The Hall–Kier alpha value is 0.290. The van der Waals surface area contributed by atoms with E-state index in [1.807, 2.05) is 0 Å². The summed E-state index contributed by atoms with van der Waals surface area (Å²) in [7, 11) is 0. The van der Waals surface area contributed by atoms with E-state index in [2.05, 4.69) is 13.8 Å². The standard InChI is InChI=1S/C10H19Cl/c1-3-7-10(2,8-11)9-5-4-6-9/h9H,3-8H2,1-2H3. The van der Waals surface area contributed by atoms with E-state index in [1.54, 1.807) is 0 Å². The average molecular weight is 175 g/mol. The molecule has 11 heavy (non-hydrogen) atoms. The van der Waals surface area contributed by atoms with Gasteiger partial charge in [0.25, 0.3) is 0 Å². The fourth-order valence-electron chi connectivity index (χ4n) is 2.06. The van der Waals surface area contributed by atoms with Crippen molar-refractivity contribution in [2.75, 3.05) is 5.88 Å². The van der Waals surface area contributed by atoms with Crippen LogP contribution in [-0.4, -0.2) is 5.88 Å². The van der Waals surface area contributed by atoms with Gasteiger partial charge in [0.05, 0.1) is 0 Å². The molecular weight excluding hydrogens is 156 g/mol. The number of hydrogen-bond acceptors (Lipinski definition) is 0. The zero-order chi connectivity index (χ0) is 8.32. The Labute approximate surface area is 75.3 Å². The average Bonchev–Trinajstić information content (AvgIpc) is 1.84. The van der Waals surface area contributed by atoms with E-state index in [9.17, 15) is 0 Å². The van der Waals surface area contributed by atoms with E-state index in [-0.39, 0.29) is 0 Å². The molecule has 0 amide bonds. The van der Waals surface area contributed by atoms with Gasteiger partial charge < -0.3 is 0 Å². The highest BCUT2D eigenvalue weighted by molar-refractivity contribution is 6.18. The summed E-state index contributed by atoms with van der Waals surface area (Å²) in [5.41, 5.74) is 0.453. The molecule has 1 atom stereocenters. The van der Waals surface area contributed by atoms with Gasteiger partial charge in [0.1, 0.15) is 0 Å². The number of alkyl halides is 1. The minimum absolute atomic E-state index is 0.453. The normalized spacial score (nSPS) is 24.3. The molecule has 0 aliphatic heterocycles. The third-order valence-corrected chi connectivity index (χ3v) is 3.83. The lowest BCUT2D eigenvalue weighted by atomic mass is 9.65. The van der Waals surface area contributed by atoms with Crippen LogP contribution in [-0.2, 0) is 0 Å². The molecule has 1 rings (SSSR count). The van der Waals surface area contributed by atoms with E-state index >= 15 is 0 Å². The van der Waals surface area contributed by atoms with Gasteiger partial charge in [-0.05, 0) is 30.6 Å². The lowest BCUT2D eigenvalue weighted by Gasteiger charge is -2.41. The molecule has 0 aromatic heterocycles. The fourth-order valence-corrected chi connectivity index (χ4v) is 2.41. The molecule has 0 spiro atoms. The van der Waals surface area contributed by atoms with Gasteiger partial charge in [0.2, 0.25) is 0 Å². The molecule has 0 saturated heterocycles. The highest BCUT2D eigenvalue weighted by Gasteiger charge is 2.36. The van der Waals surface area contributed by atoms with Crippen LogP contribution >= 0.6 is 11.6 Å². The van der Waals surface area contributed by atoms with Crippen molar-refractivity contribution in [2.45, 2.75) is 46.0 Å². The maximum atomic E-state index is 6.00. The van der Waals surface area contributed by atoms with Crippen LogP contribution < -0.4 is 0 Å². The Bertz CT molecular complexity index is 118. The molecule has 1 saturated carbocycles. The van der Waals surface area contributed by atoms with Crippen molar-refractivity contribution in [3.63, 3.8) is 0 Å². The van der Waals surface area contributed by atoms with Crippen LogP contribution in [0.2, 0.25) is 0 Å². The zero-order valence-electron chi connectivity index (χ0n) is 7.70. The van der Waals surface area contributed by atoms with E-state index in [4.69, 9.17) is 11.6 Å². The van der Waals surface area contributed by atoms with Crippen LogP contribution in [0.25, 0.3) is 0 Å². The Morgan fingerprint density at radius 1 is 1.45 bits per heavy atom. The molecule has 1 aliphatic carbocycles. The molecule has 1 heteroatoms. The molecular formula is C10H19Cl. The quantitative estimate of drug-likeness (QED) is 0.569. The van der Waals surface area contributed by atoms with Crippen LogP contribution in [0.5, 0.6) is 0 Å². The summed E-state index contributed by atoms with van der Waals surface area (Å²) in [6.45, 7) is 4.61. The van der Waals surface area contributed by atoms with Gasteiger partial charge >= 0.3 is 0 Å². The minimum atomic E-state index is 0.453. The number of rotatable bonds is 4. The second-order valence-corrected chi connectivity index (χ2v) is 4.43. The van der Waals surface area contributed by atoms with Gasteiger partial charge in [0, 0.05) is 5.88 Å². The van der Waals surface area contributed by atoms with Crippen LogP contribution in [0.15, 0.2) is 0 Å². The summed E-state index contributed by atoms with van der Waals surface area (Å²) < 4.78 is 0. The fraction of sp³-hybridized carbons (Fsp3) is 1.00. The summed E-state index contributed by atoms with van der Waals surface area (Å²) in [6, 6.07) is 0. The van der Waals surface area contributed by atoms with Gasteiger partial charge in [-0.25, -0.2) is 0 Å². The Morgan fingerprint density at radius 2 is 2.09 bits per heavy atom. The maximum absolute atomic E-state index is 6.00. The van der Waals surface area contributed by atoms with Crippen molar-refractivity contribution in [1.29, 1.82) is 0 Å². The number of halogens is 1. The van der Waals surface area contributed by atoms with Gasteiger partial charge in [0.15, 0.2) is 0 Å². The highest BCUT2D eigenvalue weighted by Crippen LogP contribution is 2.45. The summed E-state index contributed by atoms with van der Waals surface area (Å²) in [5.74, 6) is 1.78. The number of hydrogen-bond donors (Lipinski definition) is 0. The van der Waals surface area contributed by atoms with Gasteiger partial charge in [-0.3, -0.25) is 0 Å². The lowest BCUT2D eigenvalue weighted by Crippen LogP contribution is -2.33. The van der Waals surface area contributed by atoms with E-state index < -0.39 is 0 Å². The Kier molecular flexibility index (Phi) is 3.24. The first kappa shape index (κ1) is 9.38. The van der Waals surface area contributed by atoms with Crippen molar-refractivity contribution in [1.82, 2.24) is 0 Å². The Balaban J connectivity index is 2.43. The molecule has 0 heterocycles. The van der Waals surface area contributed by atoms with E-state index in [1.165, 1.54) is 32.1 Å². The molecule has 0 bridgehead atoms. The van der Waals surface area contributed by atoms with Crippen molar-refractivity contribution in [3.8, 4) is 0 Å². The summed E-state index contributed by atoms with van der Waals surface area (Å²) in [5, 5.41) is 0. The summed E-state index contributed by atoms with van der Waals surface area (Å²) >= 11 is 6.00. The molecule has 0 nitrogen and oxygen atoms in total. The SMILES string of the molecule is CCCC(C)(CCl)C1CCC1. The molecule has 0 radical (unpaired) electrons. The first-order chi connectivity index (χ1) is 5.23. The van der Waals surface area contributed by atoms with Crippen molar-refractivity contribution < 1.29 is 0 Å². The first-order valence-electron chi connectivity index (χ1n) is 4.79. The predicted octanol–water partition coefficient (Wildman–Crippen LogP) is 3.83. The van der Waals surface area contributed by atoms with E-state index in [0.29, 0.717) is 5.41 Å². The topological polar surface area (TPSA) is 0 Å².